The second kappa shape index (κ2) is 4.59. The van der Waals surface area contributed by atoms with Gasteiger partial charge in [-0.1, -0.05) is 6.07 Å². The highest BCUT2D eigenvalue weighted by molar-refractivity contribution is 6.00. The molecule has 0 saturated heterocycles. The topological polar surface area (TPSA) is 55.4 Å². The van der Waals surface area contributed by atoms with Crippen molar-refractivity contribution in [2.24, 2.45) is 0 Å². The van der Waals surface area contributed by atoms with Crippen LogP contribution in [0.3, 0.4) is 0 Å². The summed E-state index contributed by atoms with van der Waals surface area (Å²) in [5.41, 5.74) is 1.80. The van der Waals surface area contributed by atoms with Crippen LogP contribution in [-0.2, 0) is 9.53 Å². The van der Waals surface area contributed by atoms with Crippen molar-refractivity contribution in [1.29, 1.82) is 0 Å². The lowest BCUT2D eigenvalue weighted by Crippen LogP contribution is -2.12. The molecule has 4 nitrogen and oxygen atoms in total. The van der Waals surface area contributed by atoms with Gasteiger partial charge in [0.25, 0.3) is 0 Å². The second-order valence-electron chi connectivity index (χ2n) is 3.22. The summed E-state index contributed by atoms with van der Waals surface area (Å²) in [6, 6.07) is 5.15. The van der Waals surface area contributed by atoms with E-state index in [1.165, 1.54) is 14.0 Å². The predicted octanol–water partition coefficient (Wildman–Crippen LogP) is 1.74. The lowest BCUT2D eigenvalue weighted by Gasteiger charge is -2.08. The summed E-state index contributed by atoms with van der Waals surface area (Å²) in [5.74, 6) is -0.676. The number of ether oxygens (including phenoxy) is 1. The van der Waals surface area contributed by atoms with Gasteiger partial charge in [-0.05, 0) is 24.6 Å². The first-order valence-corrected chi connectivity index (χ1v) is 4.51. The van der Waals surface area contributed by atoms with E-state index in [1.807, 2.05) is 6.92 Å². The van der Waals surface area contributed by atoms with Crippen molar-refractivity contribution in [1.82, 2.24) is 0 Å². The van der Waals surface area contributed by atoms with Crippen LogP contribution in [-0.4, -0.2) is 19.0 Å². The molecule has 4 heteroatoms. The molecule has 0 aromatic heterocycles. The highest BCUT2D eigenvalue weighted by atomic mass is 16.5. The van der Waals surface area contributed by atoms with Crippen LogP contribution in [0.25, 0.3) is 0 Å². The van der Waals surface area contributed by atoms with E-state index >= 15 is 0 Å². The fourth-order valence-corrected chi connectivity index (χ4v) is 1.24. The van der Waals surface area contributed by atoms with Gasteiger partial charge in [0, 0.05) is 6.92 Å². The Bertz CT molecular complexity index is 399. The SMILES string of the molecule is COC(=O)c1ccc(C)cc1NC(C)=O. The van der Waals surface area contributed by atoms with Crippen molar-refractivity contribution >= 4 is 17.6 Å². The molecule has 15 heavy (non-hydrogen) atoms. The van der Waals surface area contributed by atoms with Gasteiger partial charge >= 0.3 is 5.97 Å². The summed E-state index contributed by atoms with van der Waals surface area (Å²) >= 11 is 0. The number of amides is 1. The van der Waals surface area contributed by atoms with Crippen LogP contribution >= 0.6 is 0 Å². The van der Waals surface area contributed by atoms with Gasteiger partial charge in [-0.2, -0.15) is 0 Å². The molecule has 0 aliphatic carbocycles. The number of benzene rings is 1. The first-order valence-electron chi connectivity index (χ1n) is 4.51. The minimum Gasteiger partial charge on any atom is -0.465 e. The Morgan fingerprint density at radius 2 is 2.00 bits per heavy atom. The molecule has 0 radical (unpaired) electrons. The molecular formula is C11H13NO3. The van der Waals surface area contributed by atoms with E-state index in [1.54, 1.807) is 18.2 Å². The first-order chi connectivity index (χ1) is 7.04. The van der Waals surface area contributed by atoms with Crippen LogP contribution in [0.5, 0.6) is 0 Å². The normalized spacial score (nSPS) is 9.53. The Morgan fingerprint density at radius 3 is 2.53 bits per heavy atom. The van der Waals surface area contributed by atoms with Crippen LogP contribution in [0.15, 0.2) is 18.2 Å². The van der Waals surface area contributed by atoms with Gasteiger partial charge in [0.2, 0.25) is 5.91 Å². The number of nitrogens with one attached hydrogen (secondary N) is 1. The molecule has 0 aliphatic heterocycles. The average Bonchev–Trinajstić information content (AvgIpc) is 2.16. The number of esters is 1. The Morgan fingerprint density at radius 1 is 1.33 bits per heavy atom. The molecule has 1 rings (SSSR count). The Balaban J connectivity index is 3.13. The summed E-state index contributed by atoms with van der Waals surface area (Å²) in [7, 11) is 1.31. The summed E-state index contributed by atoms with van der Waals surface area (Å²) in [6.07, 6.45) is 0. The molecule has 1 amide bonds. The quantitative estimate of drug-likeness (QED) is 0.751. The van der Waals surface area contributed by atoms with E-state index in [2.05, 4.69) is 10.1 Å². The highest BCUT2D eigenvalue weighted by Crippen LogP contribution is 2.18. The van der Waals surface area contributed by atoms with E-state index in [0.717, 1.165) is 5.56 Å². The molecular weight excluding hydrogens is 194 g/mol. The number of hydrogen-bond acceptors (Lipinski definition) is 3. The zero-order valence-corrected chi connectivity index (χ0v) is 8.96. The standard InChI is InChI=1S/C11H13NO3/c1-7-4-5-9(11(14)15-3)10(6-7)12-8(2)13/h4-6H,1-3H3,(H,12,13). The summed E-state index contributed by atoms with van der Waals surface area (Å²) in [6.45, 7) is 3.27. The van der Waals surface area contributed by atoms with E-state index < -0.39 is 5.97 Å². The van der Waals surface area contributed by atoms with Crippen molar-refractivity contribution in [2.45, 2.75) is 13.8 Å². The van der Waals surface area contributed by atoms with E-state index in [0.29, 0.717) is 11.3 Å². The zero-order chi connectivity index (χ0) is 11.4. The van der Waals surface area contributed by atoms with Crippen LogP contribution in [0.1, 0.15) is 22.8 Å². The molecule has 1 N–H and O–H groups in total. The third-order valence-corrected chi connectivity index (χ3v) is 1.89. The summed E-state index contributed by atoms with van der Waals surface area (Å²) < 4.78 is 4.61. The zero-order valence-electron chi connectivity index (χ0n) is 8.96. The third kappa shape index (κ3) is 2.80. The number of aryl methyl sites for hydroxylation is 1. The van der Waals surface area contributed by atoms with Gasteiger partial charge < -0.3 is 10.1 Å². The maximum absolute atomic E-state index is 11.4. The second-order valence-corrected chi connectivity index (χ2v) is 3.22. The van der Waals surface area contributed by atoms with Crippen molar-refractivity contribution in [3.63, 3.8) is 0 Å². The number of hydrogen-bond donors (Lipinski definition) is 1. The van der Waals surface area contributed by atoms with Crippen LogP contribution in [0.4, 0.5) is 5.69 Å². The van der Waals surface area contributed by atoms with Crippen molar-refractivity contribution in [3.8, 4) is 0 Å². The molecule has 0 saturated carbocycles. The van der Waals surface area contributed by atoms with Crippen LogP contribution in [0, 0.1) is 6.92 Å². The molecule has 1 aromatic rings. The largest absolute Gasteiger partial charge is 0.465 e. The van der Waals surface area contributed by atoms with Crippen molar-refractivity contribution in [2.75, 3.05) is 12.4 Å². The number of methoxy groups -OCH3 is 1. The maximum Gasteiger partial charge on any atom is 0.339 e. The van der Waals surface area contributed by atoms with E-state index in [4.69, 9.17) is 0 Å². The highest BCUT2D eigenvalue weighted by Gasteiger charge is 2.12. The minimum absolute atomic E-state index is 0.217. The molecule has 1 aromatic carbocycles. The summed E-state index contributed by atoms with van der Waals surface area (Å²) in [4.78, 5) is 22.3. The molecule has 80 valence electrons. The first kappa shape index (κ1) is 11.2. The fraction of sp³-hybridized carbons (Fsp3) is 0.273. The Kier molecular flexibility index (Phi) is 3.44. The van der Waals surface area contributed by atoms with Gasteiger partial charge in [-0.3, -0.25) is 4.79 Å². The molecule has 0 fully saturated rings. The van der Waals surface area contributed by atoms with Crippen molar-refractivity contribution in [3.05, 3.63) is 29.3 Å². The number of carbonyl (C=O) groups excluding carboxylic acids is 2. The number of anilines is 1. The maximum atomic E-state index is 11.4. The lowest BCUT2D eigenvalue weighted by atomic mass is 10.1. The van der Waals surface area contributed by atoms with Crippen LogP contribution < -0.4 is 5.32 Å². The predicted molar refractivity (Wildman–Crippen MR) is 56.8 cm³/mol. The number of carbonyl (C=O) groups is 2. The van der Waals surface area contributed by atoms with Crippen molar-refractivity contribution < 1.29 is 14.3 Å². The van der Waals surface area contributed by atoms with Gasteiger partial charge in [0.1, 0.15) is 0 Å². The van der Waals surface area contributed by atoms with E-state index in [9.17, 15) is 9.59 Å². The van der Waals surface area contributed by atoms with Gasteiger partial charge in [-0.25, -0.2) is 4.79 Å². The van der Waals surface area contributed by atoms with Gasteiger partial charge in [-0.15, -0.1) is 0 Å². The molecule has 0 bridgehead atoms. The van der Waals surface area contributed by atoms with Gasteiger partial charge in [0.15, 0.2) is 0 Å². The number of rotatable bonds is 2. The third-order valence-electron chi connectivity index (χ3n) is 1.89. The summed E-state index contributed by atoms with van der Waals surface area (Å²) in [5, 5.41) is 2.59. The molecule has 0 spiro atoms. The molecule has 0 unspecified atom stereocenters. The van der Waals surface area contributed by atoms with E-state index in [-0.39, 0.29) is 5.91 Å². The molecule has 0 heterocycles. The van der Waals surface area contributed by atoms with Gasteiger partial charge in [0.05, 0.1) is 18.4 Å². The smallest absolute Gasteiger partial charge is 0.339 e. The monoisotopic (exact) mass is 207 g/mol. The fourth-order valence-electron chi connectivity index (χ4n) is 1.24. The molecule has 0 atom stereocenters. The average molecular weight is 207 g/mol. The molecule has 0 aliphatic rings. The van der Waals surface area contributed by atoms with Crippen LogP contribution in [0.2, 0.25) is 0 Å². The Labute approximate surface area is 88.2 Å². The lowest BCUT2D eigenvalue weighted by molar-refractivity contribution is -0.114. The minimum atomic E-state index is -0.459. The Hall–Kier alpha value is -1.84.